The van der Waals surface area contributed by atoms with Gasteiger partial charge in [0.05, 0.1) is 17.2 Å². The molecule has 0 unspecified atom stereocenters. The van der Waals surface area contributed by atoms with E-state index in [1.54, 1.807) is 4.90 Å². The maximum absolute atomic E-state index is 13.1. The standard InChI is InChI=1S/C28H36N2O2S2/c1-4-7-8-9-10-11-20-32-25-18-12-22(13-19-25)21-26-27(31)30(28(33)34-26)24-16-14-23(15-17-24)29(5-2)6-3/h12-19,21H,4-11,20H2,1-3H3. The van der Waals surface area contributed by atoms with Crippen molar-refractivity contribution >= 4 is 51.7 Å². The first-order valence-electron chi connectivity index (χ1n) is 12.4. The second-order valence-electron chi connectivity index (χ2n) is 8.39. The first kappa shape index (κ1) is 26.3. The highest BCUT2D eigenvalue weighted by Gasteiger charge is 2.33. The normalized spacial score (nSPS) is 14.8. The Labute approximate surface area is 214 Å². The van der Waals surface area contributed by atoms with Gasteiger partial charge in [0.2, 0.25) is 0 Å². The number of thiocarbonyl (C=S) groups is 1. The van der Waals surface area contributed by atoms with Gasteiger partial charge < -0.3 is 9.64 Å². The fourth-order valence-corrected chi connectivity index (χ4v) is 5.27. The van der Waals surface area contributed by atoms with Gasteiger partial charge in [-0.05, 0) is 68.3 Å². The molecular formula is C28H36N2O2S2. The number of carbonyl (C=O) groups excluding carboxylic acids is 1. The molecule has 2 aromatic rings. The van der Waals surface area contributed by atoms with Crippen LogP contribution < -0.4 is 14.5 Å². The van der Waals surface area contributed by atoms with Gasteiger partial charge >= 0.3 is 0 Å². The SMILES string of the molecule is CCCCCCCCOc1ccc(C=C2SC(=S)N(c3ccc(N(CC)CC)cc3)C2=O)cc1. The largest absolute Gasteiger partial charge is 0.494 e. The molecule has 1 amide bonds. The molecule has 0 saturated carbocycles. The monoisotopic (exact) mass is 496 g/mol. The summed E-state index contributed by atoms with van der Waals surface area (Å²) in [6.07, 6.45) is 9.41. The number of rotatable bonds is 13. The van der Waals surface area contributed by atoms with E-state index in [0.29, 0.717) is 9.23 Å². The highest BCUT2D eigenvalue weighted by molar-refractivity contribution is 8.27. The van der Waals surface area contributed by atoms with Gasteiger partial charge in [-0.3, -0.25) is 9.69 Å². The first-order chi connectivity index (χ1) is 16.6. The van der Waals surface area contributed by atoms with Crippen molar-refractivity contribution in [2.75, 3.05) is 29.5 Å². The van der Waals surface area contributed by atoms with Crippen LogP contribution in [0.4, 0.5) is 11.4 Å². The summed E-state index contributed by atoms with van der Waals surface area (Å²) in [5, 5.41) is 0. The number of unbranched alkanes of at least 4 members (excludes halogenated alkanes) is 5. The van der Waals surface area contributed by atoms with Crippen LogP contribution in [0.25, 0.3) is 6.08 Å². The number of carbonyl (C=O) groups is 1. The Hall–Kier alpha value is -2.31. The van der Waals surface area contributed by atoms with E-state index in [1.807, 2.05) is 42.5 Å². The molecule has 2 aromatic carbocycles. The lowest BCUT2D eigenvalue weighted by Crippen LogP contribution is -2.27. The van der Waals surface area contributed by atoms with Crippen LogP contribution in [0.1, 0.15) is 64.9 Å². The van der Waals surface area contributed by atoms with E-state index in [-0.39, 0.29) is 5.91 Å². The Bertz CT molecular complexity index is 967. The Morgan fingerprint density at radius 1 is 0.912 bits per heavy atom. The molecule has 0 spiro atoms. The second-order valence-corrected chi connectivity index (χ2v) is 10.1. The van der Waals surface area contributed by atoms with E-state index in [1.165, 1.54) is 43.9 Å². The van der Waals surface area contributed by atoms with Crippen molar-refractivity contribution in [2.45, 2.75) is 59.3 Å². The maximum Gasteiger partial charge on any atom is 0.270 e. The molecule has 1 saturated heterocycles. The lowest BCUT2D eigenvalue weighted by Gasteiger charge is -2.22. The Morgan fingerprint density at radius 3 is 2.21 bits per heavy atom. The van der Waals surface area contributed by atoms with Crippen LogP contribution >= 0.6 is 24.0 Å². The van der Waals surface area contributed by atoms with Gasteiger partial charge in [0.1, 0.15) is 5.75 Å². The van der Waals surface area contributed by atoms with Crippen LogP contribution in [0.3, 0.4) is 0 Å². The van der Waals surface area contributed by atoms with Gasteiger partial charge in [-0.15, -0.1) is 0 Å². The van der Waals surface area contributed by atoms with Crippen LogP contribution in [0.5, 0.6) is 5.75 Å². The van der Waals surface area contributed by atoms with Gasteiger partial charge in [-0.25, -0.2) is 0 Å². The molecule has 1 aliphatic rings. The summed E-state index contributed by atoms with van der Waals surface area (Å²) in [7, 11) is 0. The van der Waals surface area contributed by atoms with Crippen molar-refractivity contribution < 1.29 is 9.53 Å². The molecule has 0 N–H and O–H groups in total. The molecule has 3 rings (SSSR count). The van der Waals surface area contributed by atoms with E-state index >= 15 is 0 Å². The number of hydrogen-bond donors (Lipinski definition) is 0. The zero-order valence-electron chi connectivity index (χ0n) is 20.6. The van der Waals surface area contributed by atoms with Crippen molar-refractivity contribution in [3.05, 3.63) is 59.0 Å². The molecule has 0 radical (unpaired) electrons. The lowest BCUT2D eigenvalue weighted by molar-refractivity contribution is -0.113. The first-order valence-corrected chi connectivity index (χ1v) is 13.7. The van der Waals surface area contributed by atoms with Crippen molar-refractivity contribution in [3.63, 3.8) is 0 Å². The Morgan fingerprint density at radius 2 is 1.56 bits per heavy atom. The smallest absolute Gasteiger partial charge is 0.270 e. The average molecular weight is 497 g/mol. The topological polar surface area (TPSA) is 32.8 Å². The summed E-state index contributed by atoms with van der Waals surface area (Å²) >= 11 is 6.88. The van der Waals surface area contributed by atoms with E-state index in [4.69, 9.17) is 17.0 Å². The summed E-state index contributed by atoms with van der Waals surface area (Å²) in [6, 6.07) is 16.0. The summed E-state index contributed by atoms with van der Waals surface area (Å²) in [5.74, 6) is 0.792. The average Bonchev–Trinajstić information content (AvgIpc) is 3.13. The summed E-state index contributed by atoms with van der Waals surface area (Å²) in [4.78, 5) is 17.6. The summed E-state index contributed by atoms with van der Waals surface area (Å²) in [6.45, 7) is 9.15. The molecule has 34 heavy (non-hydrogen) atoms. The molecule has 0 aromatic heterocycles. The second kappa shape index (κ2) is 13.5. The van der Waals surface area contributed by atoms with Gasteiger partial charge in [0.15, 0.2) is 4.32 Å². The number of hydrogen-bond acceptors (Lipinski definition) is 5. The Kier molecular flexibility index (Phi) is 10.5. The number of ether oxygens (including phenoxy) is 1. The predicted molar refractivity (Wildman–Crippen MR) is 151 cm³/mol. The summed E-state index contributed by atoms with van der Waals surface area (Å²) in [5.41, 5.74) is 2.91. The van der Waals surface area contributed by atoms with Crippen molar-refractivity contribution in [1.29, 1.82) is 0 Å². The van der Waals surface area contributed by atoms with Crippen LogP contribution in [-0.2, 0) is 4.79 Å². The molecule has 1 fully saturated rings. The van der Waals surface area contributed by atoms with Crippen molar-refractivity contribution in [3.8, 4) is 5.75 Å². The molecule has 4 nitrogen and oxygen atoms in total. The minimum Gasteiger partial charge on any atom is -0.494 e. The number of benzene rings is 2. The van der Waals surface area contributed by atoms with E-state index < -0.39 is 0 Å². The highest BCUT2D eigenvalue weighted by Crippen LogP contribution is 2.36. The molecule has 1 heterocycles. The molecular weight excluding hydrogens is 460 g/mol. The van der Waals surface area contributed by atoms with Gasteiger partial charge in [-0.1, -0.05) is 75.1 Å². The van der Waals surface area contributed by atoms with Crippen LogP contribution in [0.15, 0.2) is 53.4 Å². The fraction of sp³-hybridized carbons (Fsp3) is 0.429. The molecule has 0 bridgehead atoms. The minimum atomic E-state index is -0.0750. The predicted octanol–water partition coefficient (Wildman–Crippen LogP) is 7.68. The third-order valence-corrected chi connectivity index (χ3v) is 7.28. The number of anilines is 2. The van der Waals surface area contributed by atoms with Crippen molar-refractivity contribution in [1.82, 2.24) is 0 Å². The van der Waals surface area contributed by atoms with E-state index in [9.17, 15) is 4.79 Å². The molecule has 6 heteroatoms. The van der Waals surface area contributed by atoms with Crippen LogP contribution in [0.2, 0.25) is 0 Å². The Balaban J connectivity index is 1.57. The third-order valence-electron chi connectivity index (χ3n) is 5.97. The zero-order chi connectivity index (χ0) is 24.3. The van der Waals surface area contributed by atoms with Crippen molar-refractivity contribution in [2.24, 2.45) is 0 Å². The van der Waals surface area contributed by atoms with Gasteiger partial charge in [-0.2, -0.15) is 0 Å². The lowest BCUT2D eigenvalue weighted by atomic mass is 10.1. The number of amides is 1. The maximum atomic E-state index is 13.1. The molecule has 182 valence electrons. The quantitative estimate of drug-likeness (QED) is 0.161. The van der Waals surface area contributed by atoms with Crippen LogP contribution in [0, 0.1) is 0 Å². The van der Waals surface area contributed by atoms with E-state index in [0.717, 1.165) is 48.8 Å². The molecule has 1 aliphatic heterocycles. The fourth-order valence-electron chi connectivity index (χ4n) is 3.98. The van der Waals surface area contributed by atoms with Crippen LogP contribution in [-0.4, -0.2) is 29.9 Å². The zero-order valence-corrected chi connectivity index (χ0v) is 22.2. The van der Waals surface area contributed by atoms with Gasteiger partial charge in [0.25, 0.3) is 5.91 Å². The molecule has 0 atom stereocenters. The highest BCUT2D eigenvalue weighted by atomic mass is 32.2. The third kappa shape index (κ3) is 7.09. The van der Waals surface area contributed by atoms with E-state index in [2.05, 4.69) is 37.8 Å². The number of thioether (sulfide) groups is 1. The van der Waals surface area contributed by atoms with Gasteiger partial charge in [0, 0.05) is 18.8 Å². The molecule has 0 aliphatic carbocycles. The minimum absolute atomic E-state index is 0.0750. The summed E-state index contributed by atoms with van der Waals surface area (Å²) < 4.78 is 6.43. The number of nitrogens with zero attached hydrogens (tertiary/aromatic N) is 2.